The number of thiophene rings is 1. The van der Waals surface area contributed by atoms with Crippen LogP contribution in [0.15, 0.2) is 60.0 Å². The molecule has 3 aromatic rings. The molecule has 1 saturated heterocycles. The van der Waals surface area contributed by atoms with E-state index in [-0.39, 0.29) is 11.8 Å². The number of carbonyl (C=O) groups excluding carboxylic acids is 2. The number of amides is 2. The maximum Gasteiger partial charge on any atom is 0.264 e. The summed E-state index contributed by atoms with van der Waals surface area (Å²) in [7, 11) is 0. The monoisotopic (exact) mass is 439 g/mol. The van der Waals surface area contributed by atoms with Gasteiger partial charge in [0.2, 0.25) is 0 Å². The number of hydrogen-bond acceptors (Lipinski definition) is 4. The minimum Gasteiger partial charge on any atom is -0.367 e. The second-order valence-corrected chi connectivity index (χ2v) is 8.55. The van der Waals surface area contributed by atoms with E-state index >= 15 is 0 Å². The lowest BCUT2D eigenvalue weighted by Crippen LogP contribution is -2.48. The average Bonchev–Trinajstić information content (AvgIpc) is 3.29. The number of halogens is 1. The Bertz CT molecular complexity index is 1060. The highest BCUT2D eigenvalue weighted by Crippen LogP contribution is 2.30. The molecule has 1 aliphatic rings. The zero-order valence-corrected chi connectivity index (χ0v) is 18.2. The standard InChI is InChI=1S/C23H22ClN3O2S/c1-16-5-2-3-6-18(16)22(28)25-17-8-9-20(19(24)15-17)26-10-12-27(13-11-26)23(29)21-7-4-14-30-21/h2-9,14-15H,10-13H2,1H3,(H,25,28). The SMILES string of the molecule is Cc1ccccc1C(=O)Nc1ccc(N2CCN(C(=O)c3cccs3)CC2)c(Cl)c1. The van der Waals surface area contributed by atoms with E-state index in [4.69, 9.17) is 11.6 Å². The van der Waals surface area contributed by atoms with Gasteiger partial charge in [0.25, 0.3) is 11.8 Å². The molecule has 2 amide bonds. The van der Waals surface area contributed by atoms with Crippen molar-refractivity contribution in [1.29, 1.82) is 0 Å². The lowest BCUT2D eigenvalue weighted by atomic mass is 10.1. The van der Waals surface area contributed by atoms with E-state index in [9.17, 15) is 9.59 Å². The van der Waals surface area contributed by atoms with E-state index in [0.29, 0.717) is 42.5 Å². The first-order valence-corrected chi connectivity index (χ1v) is 11.0. The normalized spacial score (nSPS) is 13.9. The molecule has 1 aromatic heterocycles. The van der Waals surface area contributed by atoms with Gasteiger partial charge in [0.15, 0.2) is 0 Å². The molecule has 1 fully saturated rings. The second kappa shape index (κ2) is 8.90. The van der Waals surface area contributed by atoms with Crippen LogP contribution in [0.4, 0.5) is 11.4 Å². The van der Waals surface area contributed by atoms with Crippen LogP contribution in [-0.2, 0) is 0 Å². The average molecular weight is 440 g/mol. The number of carbonyl (C=O) groups is 2. The molecule has 2 aromatic carbocycles. The predicted molar refractivity (Wildman–Crippen MR) is 123 cm³/mol. The minimum atomic E-state index is -0.155. The van der Waals surface area contributed by atoms with Crippen LogP contribution in [0.1, 0.15) is 25.6 Å². The van der Waals surface area contributed by atoms with Crippen molar-refractivity contribution >= 4 is 46.1 Å². The third-order valence-corrected chi connectivity index (χ3v) is 6.40. The largest absolute Gasteiger partial charge is 0.367 e. The first-order chi connectivity index (χ1) is 14.5. The van der Waals surface area contributed by atoms with Crippen LogP contribution in [0, 0.1) is 6.92 Å². The lowest BCUT2D eigenvalue weighted by molar-refractivity contribution is 0.0751. The molecule has 0 aliphatic carbocycles. The highest BCUT2D eigenvalue weighted by atomic mass is 35.5. The van der Waals surface area contributed by atoms with Crippen molar-refractivity contribution in [3.8, 4) is 0 Å². The smallest absolute Gasteiger partial charge is 0.264 e. The fourth-order valence-electron chi connectivity index (χ4n) is 3.57. The first kappa shape index (κ1) is 20.4. The molecular formula is C23H22ClN3O2S. The number of aryl methyl sites for hydroxylation is 1. The molecule has 5 nitrogen and oxygen atoms in total. The highest BCUT2D eigenvalue weighted by molar-refractivity contribution is 7.12. The van der Waals surface area contributed by atoms with Gasteiger partial charge in [-0.1, -0.05) is 35.9 Å². The molecule has 1 aliphatic heterocycles. The molecule has 0 spiro atoms. The minimum absolute atomic E-state index is 0.0880. The van der Waals surface area contributed by atoms with Gasteiger partial charge >= 0.3 is 0 Å². The highest BCUT2D eigenvalue weighted by Gasteiger charge is 2.24. The summed E-state index contributed by atoms with van der Waals surface area (Å²) < 4.78 is 0. The van der Waals surface area contributed by atoms with Crippen molar-refractivity contribution in [1.82, 2.24) is 4.90 Å². The Morgan fingerprint density at radius 1 is 1.00 bits per heavy atom. The van der Waals surface area contributed by atoms with Gasteiger partial charge in [0.05, 0.1) is 15.6 Å². The Morgan fingerprint density at radius 3 is 2.43 bits per heavy atom. The number of nitrogens with one attached hydrogen (secondary N) is 1. The number of benzene rings is 2. The summed E-state index contributed by atoms with van der Waals surface area (Å²) in [6.07, 6.45) is 0. The summed E-state index contributed by atoms with van der Waals surface area (Å²) in [6.45, 7) is 4.64. The van der Waals surface area contributed by atoms with E-state index in [0.717, 1.165) is 16.1 Å². The summed E-state index contributed by atoms with van der Waals surface area (Å²) >= 11 is 8.00. The van der Waals surface area contributed by atoms with Crippen LogP contribution < -0.4 is 10.2 Å². The van der Waals surface area contributed by atoms with Crippen LogP contribution >= 0.6 is 22.9 Å². The van der Waals surface area contributed by atoms with Gasteiger partial charge < -0.3 is 15.1 Å². The van der Waals surface area contributed by atoms with Gasteiger partial charge in [0.1, 0.15) is 0 Å². The summed E-state index contributed by atoms with van der Waals surface area (Å²) in [4.78, 5) is 29.9. The van der Waals surface area contributed by atoms with E-state index in [1.54, 1.807) is 12.1 Å². The fraction of sp³-hybridized carbons (Fsp3) is 0.217. The predicted octanol–water partition coefficient (Wildman–Crippen LogP) is 4.92. The molecule has 0 bridgehead atoms. The summed E-state index contributed by atoms with van der Waals surface area (Å²) in [5.74, 6) is -0.0670. The number of piperazine rings is 1. The van der Waals surface area contributed by atoms with Gasteiger partial charge in [-0.2, -0.15) is 0 Å². The molecule has 4 rings (SSSR count). The van der Waals surface area contributed by atoms with Crippen molar-refractivity contribution in [2.24, 2.45) is 0 Å². The lowest BCUT2D eigenvalue weighted by Gasteiger charge is -2.36. The van der Waals surface area contributed by atoms with Gasteiger partial charge in [-0.05, 0) is 48.2 Å². The summed E-state index contributed by atoms with van der Waals surface area (Å²) in [5.41, 5.74) is 3.13. The van der Waals surface area contributed by atoms with E-state index in [2.05, 4.69) is 10.2 Å². The van der Waals surface area contributed by atoms with Gasteiger partial charge in [0, 0.05) is 37.4 Å². The molecule has 154 valence electrons. The number of rotatable bonds is 4. The molecule has 0 atom stereocenters. The van der Waals surface area contributed by atoms with Crippen molar-refractivity contribution < 1.29 is 9.59 Å². The molecule has 1 N–H and O–H groups in total. The van der Waals surface area contributed by atoms with Crippen LogP contribution in [0.5, 0.6) is 0 Å². The Hall–Kier alpha value is -2.83. The van der Waals surface area contributed by atoms with Crippen LogP contribution in [-0.4, -0.2) is 42.9 Å². The van der Waals surface area contributed by atoms with Crippen molar-refractivity contribution in [2.75, 3.05) is 36.4 Å². The van der Waals surface area contributed by atoms with Crippen LogP contribution in [0.2, 0.25) is 5.02 Å². The molecule has 0 saturated carbocycles. The summed E-state index contributed by atoms with van der Waals surface area (Å²) in [5, 5.41) is 5.41. The Balaban J connectivity index is 1.40. The van der Waals surface area contributed by atoms with E-state index in [1.165, 1.54) is 11.3 Å². The van der Waals surface area contributed by atoms with Crippen molar-refractivity contribution in [2.45, 2.75) is 6.92 Å². The molecular weight excluding hydrogens is 418 g/mol. The molecule has 30 heavy (non-hydrogen) atoms. The number of nitrogens with zero attached hydrogens (tertiary/aromatic N) is 2. The van der Waals surface area contributed by atoms with Gasteiger partial charge in [-0.15, -0.1) is 11.3 Å². The topological polar surface area (TPSA) is 52.7 Å². The molecule has 0 radical (unpaired) electrons. The van der Waals surface area contributed by atoms with E-state index in [1.807, 2.05) is 59.7 Å². The van der Waals surface area contributed by atoms with Crippen LogP contribution in [0.3, 0.4) is 0 Å². The first-order valence-electron chi connectivity index (χ1n) is 9.77. The maximum atomic E-state index is 12.5. The third kappa shape index (κ3) is 4.35. The quantitative estimate of drug-likeness (QED) is 0.627. The maximum absolute atomic E-state index is 12.5. The van der Waals surface area contributed by atoms with Gasteiger partial charge in [-0.3, -0.25) is 9.59 Å². The van der Waals surface area contributed by atoms with Gasteiger partial charge in [-0.25, -0.2) is 0 Å². The number of anilines is 2. The van der Waals surface area contributed by atoms with Crippen LogP contribution in [0.25, 0.3) is 0 Å². The van der Waals surface area contributed by atoms with E-state index < -0.39 is 0 Å². The Morgan fingerprint density at radius 2 is 1.77 bits per heavy atom. The molecule has 7 heteroatoms. The Kier molecular flexibility index (Phi) is 6.06. The molecule has 0 unspecified atom stereocenters. The zero-order valence-electron chi connectivity index (χ0n) is 16.6. The fourth-order valence-corrected chi connectivity index (χ4v) is 4.56. The van der Waals surface area contributed by atoms with Crippen molar-refractivity contribution in [3.05, 3.63) is 81.0 Å². The zero-order chi connectivity index (χ0) is 21.1. The third-order valence-electron chi connectivity index (χ3n) is 5.23. The second-order valence-electron chi connectivity index (χ2n) is 7.19. The Labute approximate surface area is 184 Å². The summed E-state index contributed by atoms with van der Waals surface area (Å²) in [6, 6.07) is 16.8. The number of hydrogen-bond donors (Lipinski definition) is 1. The van der Waals surface area contributed by atoms with Crippen molar-refractivity contribution in [3.63, 3.8) is 0 Å². The molecule has 2 heterocycles.